The van der Waals surface area contributed by atoms with E-state index in [0.29, 0.717) is 16.4 Å². The standard InChI is InChI=1S/C17H17NO3/c1-3-5-11-16-12(14(19)6-8-18(16)4-2)10-13-15(20)7-9-21-17(11)13/h6-10H,3-5H2,1-2H3. The van der Waals surface area contributed by atoms with E-state index in [1.807, 2.05) is 11.5 Å². The lowest BCUT2D eigenvalue weighted by Gasteiger charge is -2.14. The number of rotatable bonds is 3. The van der Waals surface area contributed by atoms with Crippen LogP contribution < -0.4 is 10.9 Å². The number of aromatic nitrogens is 1. The highest BCUT2D eigenvalue weighted by molar-refractivity contribution is 5.97. The van der Waals surface area contributed by atoms with Gasteiger partial charge < -0.3 is 8.98 Å². The molecule has 0 aliphatic carbocycles. The van der Waals surface area contributed by atoms with Crippen LogP contribution in [-0.4, -0.2) is 4.57 Å². The molecule has 2 heterocycles. The third-order valence-corrected chi connectivity index (χ3v) is 3.82. The normalized spacial score (nSPS) is 11.3. The number of pyridine rings is 1. The summed E-state index contributed by atoms with van der Waals surface area (Å²) in [7, 11) is 0. The van der Waals surface area contributed by atoms with Crippen LogP contribution in [0.4, 0.5) is 0 Å². The molecule has 0 saturated carbocycles. The fourth-order valence-corrected chi connectivity index (χ4v) is 2.87. The molecular formula is C17H17NO3. The monoisotopic (exact) mass is 283 g/mol. The van der Waals surface area contributed by atoms with E-state index in [2.05, 4.69) is 6.92 Å². The Kier molecular flexibility index (Phi) is 3.37. The second-order valence-corrected chi connectivity index (χ2v) is 5.13. The van der Waals surface area contributed by atoms with Gasteiger partial charge in [0.1, 0.15) is 5.58 Å². The molecule has 21 heavy (non-hydrogen) atoms. The molecule has 0 atom stereocenters. The first kappa shape index (κ1) is 13.6. The molecule has 4 nitrogen and oxygen atoms in total. The summed E-state index contributed by atoms with van der Waals surface area (Å²) in [5.74, 6) is 0. The molecule has 3 aromatic rings. The molecule has 0 aliphatic rings. The Morgan fingerprint density at radius 3 is 2.57 bits per heavy atom. The number of benzene rings is 1. The van der Waals surface area contributed by atoms with E-state index in [1.165, 1.54) is 12.3 Å². The third-order valence-electron chi connectivity index (χ3n) is 3.82. The quantitative estimate of drug-likeness (QED) is 0.694. The van der Waals surface area contributed by atoms with Gasteiger partial charge in [-0.1, -0.05) is 13.3 Å². The van der Waals surface area contributed by atoms with Crippen LogP contribution in [-0.2, 0) is 13.0 Å². The van der Waals surface area contributed by atoms with E-state index in [-0.39, 0.29) is 10.9 Å². The van der Waals surface area contributed by atoms with Crippen molar-refractivity contribution in [3.63, 3.8) is 0 Å². The van der Waals surface area contributed by atoms with E-state index in [1.54, 1.807) is 18.3 Å². The van der Waals surface area contributed by atoms with Crippen LogP contribution in [0.25, 0.3) is 21.9 Å². The van der Waals surface area contributed by atoms with Gasteiger partial charge in [0.15, 0.2) is 10.9 Å². The zero-order chi connectivity index (χ0) is 15.0. The van der Waals surface area contributed by atoms with Gasteiger partial charge in [0.2, 0.25) is 0 Å². The third kappa shape index (κ3) is 2.07. The van der Waals surface area contributed by atoms with Crippen molar-refractivity contribution in [2.45, 2.75) is 33.2 Å². The lowest BCUT2D eigenvalue weighted by Crippen LogP contribution is -2.11. The topological polar surface area (TPSA) is 52.2 Å². The molecule has 0 spiro atoms. The van der Waals surface area contributed by atoms with E-state index in [0.717, 1.165) is 30.5 Å². The highest BCUT2D eigenvalue weighted by Crippen LogP contribution is 2.26. The minimum Gasteiger partial charge on any atom is -0.464 e. The molecule has 0 fully saturated rings. The second kappa shape index (κ2) is 5.20. The zero-order valence-electron chi connectivity index (χ0n) is 12.2. The van der Waals surface area contributed by atoms with Crippen LogP contribution in [0, 0.1) is 0 Å². The molecule has 0 bridgehead atoms. The van der Waals surface area contributed by atoms with Gasteiger partial charge in [-0.3, -0.25) is 9.59 Å². The van der Waals surface area contributed by atoms with Gasteiger partial charge >= 0.3 is 0 Å². The molecule has 1 aromatic carbocycles. The maximum atomic E-state index is 12.2. The summed E-state index contributed by atoms with van der Waals surface area (Å²) in [5.41, 5.74) is 2.26. The van der Waals surface area contributed by atoms with Gasteiger partial charge in [0.05, 0.1) is 17.2 Å². The number of nitrogens with zero attached hydrogens (tertiary/aromatic N) is 1. The first-order valence-corrected chi connectivity index (χ1v) is 7.24. The highest BCUT2D eigenvalue weighted by Gasteiger charge is 2.15. The van der Waals surface area contributed by atoms with Crippen LogP contribution >= 0.6 is 0 Å². The van der Waals surface area contributed by atoms with Crippen molar-refractivity contribution in [1.29, 1.82) is 0 Å². The molecule has 108 valence electrons. The summed E-state index contributed by atoms with van der Waals surface area (Å²) in [6, 6.07) is 4.62. The summed E-state index contributed by atoms with van der Waals surface area (Å²) >= 11 is 0. The predicted octanol–water partition coefficient (Wildman–Crippen LogP) is 3.08. The first-order chi connectivity index (χ1) is 10.2. The van der Waals surface area contributed by atoms with Crippen molar-refractivity contribution in [3.05, 3.63) is 56.7 Å². The fourth-order valence-electron chi connectivity index (χ4n) is 2.87. The smallest absolute Gasteiger partial charge is 0.192 e. The lowest BCUT2D eigenvalue weighted by atomic mass is 10.0. The van der Waals surface area contributed by atoms with E-state index in [9.17, 15) is 9.59 Å². The van der Waals surface area contributed by atoms with Crippen molar-refractivity contribution in [3.8, 4) is 0 Å². The number of aryl methyl sites for hydroxylation is 2. The molecule has 0 aliphatic heterocycles. The summed E-state index contributed by atoms with van der Waals surface area (Å²) < 4.78 is 7.64. The number of fused-ring (bicyclic) bond motifs is 2. The molecule has 2 aromatic heterocycles. The average molecular weight is 283 g/mol. The Morgan fingerprint density at radius 1 is 1.10 bits per heavy atom. The summed E-state index contributed by atoms with van der Waals surface area (Å²) in [6.45, 7) is 4.87. The molecular weight excluding hydrogens is 266 g/mol. The average Bonchev–Trinajstić information content (AvgIpc) is 2.49. The zero-order valence-corrected chi connectivity index (χ0v) is 12.2. The SMILES string of the molecule is CCCc1c2occc(=O)c2cc2c(=O)ccn(CC)c12. The minimum absolute atomic E-state index is 0.0581. The Bertz CT molecular complexity index is 934. The summed E-state index contributed by atoms with van der Waals surface area (Å²) in [5, 5.41) is 1.08. The molecule has 3 rings (SSSR count). The number of hydrogen-bond donors (Lipinski definition) is 0. The Hall–Kier alpha value is -2.36. The fraction of sp³-hybridized carbons (Fsp3) is 0.294. The van der Waals surface area contributed by atoms with Gasteiger partial charge in [-0.25, -0.2) is 0 Å². The van der Waals surface area contributed by atoms with E-state index >= 15 is 0 Å². The van der Waals surface area contributed by atoms with Crippen LogP contribution in [0.5, 0.6) is 0 Å². The molecule has 0 N–H and O–H groups in total. The van der Waals surface area contributed by atoms with Gasteiger partial charge in [0, 0.05) is 35.8 Å². The molecule has 0 radical (unpaired) electrons. The molecule has 0 unspecified atom stereocenters. The minimum atomic E-state index is -0.109. The van der Waals surface area contributed by atoms with Crippen molar-refractivity contribution in [1.82, 2.24) is 4.57 Å². The van der Waals surface area contributed by atoms with Crippen molar-refractivity contribution in [2.75, 3.05) is 0 Å². The van der Waals surface area contributed by atoms with E-state index in [4.69, 9.17) is 4.42 Å². The Labute approximate surface area is 121 Å². The van der Waals surface area contributed by atoms with Crippen molar-refractivity contribution < 1.29 is 4.42 Å². The summed E-state index contributed by atoms with van der Waals surface area (Å²) in [6.07, 6.45) is 4.91. The van der Waals surface area contributed by atoms with Crippen LogP contribution in [0.3, 0.4) is 0 Å². The predicted molar refractivity (Wildman–Crippen MR) is 83.9 cm³/mol. The summed E-state index contributed by atoms with van der Waals surface area (Å²) in [4.78, 5) is 24.3. The van der Waals surface area contributed by atoms with Crippen molar-refractivity contribution in [2.24, 2.45) is 0 Å². The number of hydrogen-bond acceptors (Lipinski definition) is 3. The Morgan fingerprint density at radius 2 is 1.86 bits per heavy atom. The van der Waals surface area contributed by atoms with Gasteiger partial charge in [-0.2, -0.15) is 0 Å². The van der Waals surface area contributed by atoms with E-state index < -0.39 is 0 Å². The lowest BCUT2D eigenvalue weighted by molar-refractivity contribution is 0.597. The first-order valence-electron chi connectivity index (χ1n) is 7.24. The van der Waals surface area contributed by atoms with Gasteiger partial charge in [-0.05, 0) is 19.4 Å². The van der Waals surface area contributed by atoms with Crippen LogP contribution in [0.2, 0.25) is 0 Å². The maximum absolute atomic E-state index is 12.2. The van der Waals surface area contributed by atoms with Gasteiger partial charge in [0.25, 0.3) is 0 Å². The van der Waals surface area contributed by atoms with Crippen LogP contribution in [0.1, 0.15) is 25.8 Å². The van der Waals surface area contributed by atoms with Crippen molar-refractivity contribution >= 4 is 21.9 Å². The van der Waals surface area contributed by atoms with Crippen LogP contribution in [0.15, 0.2) is 44.7 Å². The molecule has 0 amide bonds. The highest BCUT2D eigenvalue weighted by atomic mass is 16.3. The molecule has 4 heteroatoms. The second-order valence-electron chi connectivity index (χ2n) is 5.13. The molecule has 0 saturated heterocycles. The largest absolute Gasteiger partial charge is 0.464 e. The Balaban J connectivity index is 2.63. The van der Waals surface area contributed by atoms with Gasteiger partial charge in [-0.15, -0.1) is 0 Å². The maximum Gasteiger partial charge on any atom is 0.192 e.